The van der Waals surface area contributed by atoms with Gasteiger partial charge in [0.25, 0.3) is 11.1 Å². The maximum Gasteiger partial charge on any atom is 0.293 e. The number of benzene rings is 3. The van der Waals surface area contributed by atoms with E-state index in [0.29, 0.717) is 40.8 Å². The van der Waals surface area contributed by atoms with Crippen LogP contribution in [-0.4, -0.2) is 16.0 Å². The number of nitrogens with zero attached hydrogens (tertiary/aromatic N) is 1. The third-order valence-corrected chi connectivity index (χ3v) is 7.57. The Morgan fingerprint density at radius 2 is 1.53 bits per heavy atom. The highest BCUT2D eigenvalue weighted by Crippen LogP contribution is 2.36. The van der Waals surface area contributed by atoms with Gasteiger partial charge in [-0.15, -0.1) is 0 Å². The molecular formula is C24H14BrCl4NO3S. The van der Waals surface area contributed by atoms with Gasteiger partial charge < -0.3 is 4.74 Å². The average Bonchev–Trinajstić information content (AvgIpc) is 3.03. The van der Waals surface area contributed by atoms with Gasteiger partial charge in [-0.2, -0.15) is 0 Å². The Morgan fingerprint density at radius 3 is 2.15 bits per heavy atom. The second kappa shape index (κ2) is 10.9. The fourth-order valence-electron chi connectivity index (χ4n) is 3.13. The molecule has 0 saturated carbocycles. The van der Waals surface area contributed by atoms with E-state index in [9.17, 15) is 9.59 Å². The summed E-state index contributed by atoms with van der Waals surface area (Å²) >= 11 is 28.6. The molecule has 1 fully saturated rings. The van der Waals surface area contributed by atoms with Gasteiger partial charge in [-0.05, 0) is 81.3 Å². The Labute approximate surface area is 228 Å². The Morgan fingerprint density at radius 1 is 0.882 bits per heavy atom. The van der Waals surface area contributed by atoms with E-state index in [1.807, 2.05) is 6.07 Å². The number of amides is 2. The molecule has 0 aliphatic carbocycles. The lowest BCUT2D eigenvalue weighted by atomic mass is 10.2. The van der Waals surface area contributed by atoms with Crippen molar-refractivity contribution in [1.82, 2.24) is 4.90 Å². The summed E-state index contributed by atoms with van der Waals surface area (Å²) in [6.45, 7) is 0.335. The molecule has 1 heterocycles. The summed E-state index contributed by atoms with van der Waals surface area (Å²) in [5, 5.41) is 1.60. The molecule has 2 amide bonds. The highest BCUT2D eigenvalue weighted by atomic mass is 79.9. The SMILES string of the molecule is O=C1S/C(=C/c2ccc(OCc3ccc(Cl)cc3Cl)c(Br)c2)C(=O)N1Cc1ccc(Cl)cc1Cl. The van der Waals surface area contributed by atoms with Crippen molar-refractivity contribution < 1.29 is 14.3 Å². The average molecular weight is 618 g/mol. The molecule has 4 rings (SSSR count). The monoisotopic (exact) mass is 615 g/mol. The van der Waals surface area contributed by atoms with Crippen LogP contribution in [0.2, 0.25) is 20.1 Å². The summed E-state index contributed by atoms with van der Waals surface area (Å²) in [5.74, 6) is 0.225. The van der Waals surface area contributed by atoms with Crippen molar-refractivity contribution in [2.24, 2.45) is 0 Å². The number of hydrogen-bond donors (Lipinski definition) is 0. The highest BCUT2D eigenvalue weighted by molar-refractivity contribution is 9.10. The van der Waals surface area contributed by atoms with Crippen LogP contribution in [0.25, 0.3) is 6.08 Å². The maximum atomic E-state index is 12.9. The minimum atomic E-state index is -0.380. The van der Waals surface area contributed by atoms with E-state index >= 15 is 0 Å². The number of ether oxygens (including phenoxy) is 1. The fraction of sp³-hybridized carbons (Fsp3) is 0.0833. The lowest BCUT2D eigenvalue weighted by Gasteiger charge is -2.13. The highest BCUT2D eigenvalue weighted by Gasteiger charge is 2.35. The van der Waals surface area contributed by atoms with Crippen molar-refractivity contribution in [3.63, 3.8) is 0 Å². The molecule has 34 heavy (non-hydrogen) atoms. The molecule has 3 aromatic rings. The molecule has 0 atom stereocenters. The van der Waals surface area contributed by atoms with Crippen molar-refractivity contribution in [3.05, 3.63) is 101 Å². The molecule has 0 aromatic heterocycles. The van der Waals surface area contributed by atoms with E-state index < -0.39 is 0 Å². The number of imide groups is 1. The normalized spacial score (nSPS) is 14.9. The van der Waals surface area contributed by atoms with Gasteiger partial charge in [-0.25, -0.2) is 0 Å². The van der Waals surface area contributed by atoms with Crippen molar-refractivity contribution in [3.8, 4) is 5.75 Å². The van der Waals surface area contributed by atoms with E-state index in [-0.39, 0.29) is 24.3 Å². The first-order valence-electron chi connectivity index (χ1n) is 9.77. The summed E-state index contributed by atoms with van der Waals surface area (Å²) in [5.41, 5.74) is 2.18. The van der Waals surface area contributed by atoms with E-state index in [2.05, 4.69) is 15.9 Å². The first-order valence-corrected chi connectivity index (χ1v) is 12.9. The van der Waals surface area contributed by atoms with Crippen molar-refractivity contribution in [1.29, 1.82) is 0 Å². The molecule has 174 valence electrons. The molecule has 0 bridgehead atoms. The van der Waals surface area contributed by atoms with Crippen molar-refractivity contribution in [2.75, 3.05) is 0 Å². The van der Waals surface area contributed by atoms with Gasteiger partial charge in [-0.1, -0.05) is 64.6 Å². The van der Waals surface area contributed by atoms with Crippen molar-refractivity contribution >= 4 is 91.3 Å². The van der Waals surface area contributed by atoms with E-state index in [1.54, 1.807) is 54.6 Å². The summed E-state index contributed by atoms with van der Waals surface area (Å²) in [6.07, 6.45) is 1.67. The third kappa shape index (κ3) is 5.93. The Bertz CT molecular complexity index is 1330. The smallest absolute Gasteiger partial charge is 0.293 e. The lowest BCUT2D eigenvalue weighted by Crippen LogP contribution is -2.27. The maximum absolute atomic E-state index is 12.9. The first kappa shape index (κ1) is 25.4. The van der Waals surface area contributed by atoms with Gasteiger partial charge in [0, 0.05) is 25.7 Å². The molecule has 0 spiro atoms. The minimum absolute atomic E-state index is 0.0712. The van der Waals surface area contributed by atoms with Gasteiger partial charge in [0.05, 0.1) is 15.9 Å². The molecule has 1 aliphatic heterocycles. The van der Waals surface area contributed by atoms with Crippen LogP contribution in [0.5, 0.6) is 5.75 Å². The molecule has 1 saturated heterocycles. The number of rotatable bonds is 6. The lowest BCUT2D eigenvalue weighted by molar-refractivity contribution is -0.123. The van der Waals surface area contributed by atoms with Gasteiger partial charge >= 0.3 is 0 Å². The van der Waals surface area contributed by atoms with Crippen LogP contribution >= 0.6 is 74.1 Å². The van der Waals surface area contributed by atoms with E-state index in [1.165, 1.54) is 0 Å². The number of carbonyl (C=O) groups excluding carboxylic acids is 2. The Balaban J connectivity index is 1.46. The minimum Gasteiger partial charge on any atom is -0.488 e. The molecule has 10 heteroatoms. The second-order valence-electron chi connectivity index (χ2n) is 7.22. The van der Waals surface area contributed by atoms with Gasteiger partial charge in [0.2, 0.25) is 0 Å². The number of hydrogen-bond acceptors (Lipinski definition) is 4. The van der Waals surface area contributed by atoms with Crippen LogP contribution < -0.4 is 4.74 Å². The molecule has 1 aliphatic rings. The third-order valence-electron chi connectivity index (χ3n) is 4.87. The topological polar surface area (TPSA) is 46.6 Å². The summed E-state index contributed by atoms with van der Waals surface area (Å²) in [4.78, 5) is 26.8. The first-order chi connectivity index (χ1) is 16.2. The molecule has 0 radical (unpaired) electrons. The van der Waals surface area contributed by atoms with Crippen LogP contribution in [0, 0.1) is 0 Å². The molecule has 0 N–H and O–H groups in total. The molecular weight excluding hydrogens is 604 g/mol. The number of thioether (sulfide) groups is 1. The van der Waals surface area contributed by atoms with Crippen LogP contribution in [0.1, 0.15) is 16.7 Å². The van der Waals surface area contributed by atoms with Gasteiger partial charge in [-0.3, -0.25) is 14.5 Å². The molecule has 4 nitrogen and oxygen atoms in total. The van der Waals surface area contributed by atoms with Crippen LogP contribution in [-0.2, 0) is 17.9 Å². The summed E-state index contributed by atoms with van der Waals surface area (Å²) in [7, 11) is 0. The second-order valence-corrected chi connectivity index (χ2v) is 10.8. The largest absolute Gasteiger partial charge is 0.488 e. The zero-order chi connectivity index (χ0) is 24.4. The predicted molar refractivity (Wildman–Crippen MR) is 143 cm³/mol. The quantitative estimate of drug-likeness (QED) is 0.259. The van der Waals surface area contributed by atoms with Crippen LogP contribution in [0.3, 0.4) is 0 Å². The van der Waals surface area contributed by atoms with Gasteiger partial charge in [0.1, 0.15) is 12.4 Å². The number of carbonyl (C=O) groups is 2. The molecule has 0 unspecified atom stereocenters. The van der Waals surface area contributed by atoms with Crippen molar-refractivity contribution in [2.45, 2.75) is 13.2 Å². The Kier molecular flexibility index (Phi) is 8.18. The summed E-state index contributed by atoms with van der Waals surface area (Å²) in [6, 6.07) is 15.5. The molecule has 3 aromatic carbocycles. The summed E-state index contributed by atoms with van der Waals surface area (Å²) < 4.78 is 6.55. The van der Waals surface area contributed by atoms with E-state index in [0.717, 1.165) is 27.8 Å². The van der Waals surface area contributed by atoms with Crippen LogP contribution in [0.15, 0.2) is 64.0 Å². The zero-order valence-corrected chi connectivity index (χ0v) is 22.6. The zero-order valence-electron chi connectivity index (χ0n) is 17.2. The fourth-order valence-corrected chi connectivity index (χ4v) is 5.41. The van der Waals surface area contributed by atoms with Gasteiger partial charge in [0.15, 0.2) is 0 Å². The standard InChI is InChI=1S/C24H14BrCl4NO3S/c25-18-7-13(1-6-21(18)33-12-15-3-5-17(27)10-20(15)29)8-22-23(31)30(24(32)34-22)11-14-2-4-16(26)9-19(14)28/h1-10H,11-12H2/b22-8+. The number of halogens is 5. The van der Waals surface area contributed by atoms with E-state index in [4.69, 9.17) is 51.1 Å². The van der Waals surface area contributed by atoms with Crippen LogP contribution in [0.4, 0.5) is 4.79 Å². The predicted octanol–water partition coefficient (Wildman–Crippen LogP) is 8.88. The Hall–Kier alpha value is -1.67.